The van der Waals surface area contributed by atoms with E-state index in [2.05, 4.69) is 4.98 Å². The van der Waals surface area contributed by atoms with Crippen LogP contribution in [0.3, 0.4) is 0 Å². The van der Waals surface area contributed by atoms with E-state index in [1.165, 1.54) is 0 Å². The van der Waals surface area contributed by atoms with Crippen LogP contribution >= 0.6 is 22.7 Å². The smallest absolute Gasteiger partial charge is 0.195 e. The average molecular weight is 526 g/mol. The van der Waals surface area contributed by atoms with E-state index >= 15 is 0 Å². The lowest BCUT2D eigenvalue weighted by Gasteiger charge is -2.26. The van der Waals surface area contributed by atoms with Crippen LogP contribution in [0.4, 0.5) is 0 Å². The Morgan fingerprint density at radius 2 is 0.974 bits per heavy atom. The van der Waals surface area contributed by atoms with Crippen LogP contribution in [0, 0.1) is 0 Å². The summed E-state index contributed by atoms with van der Waals surface area (Å²) in [6.45, 7) is 0. The molecule has 3 nitrogen and oxygen atoms in total. The van der Waals surface area contributed by atoms with E-state index in [1.807, 2.05) is 102 Å². The molecule has 0 unspecified atom stereocenters. The van der Waals surface area contributed by atoms with Crippen LogP contribution < -0.4 is 0 Å². The number of ketones is 2. The molecule has 6 aromatic rings. The first-order valence-electron chi connectivity index (χ1n) is 12.2. The van der Waals surface area contributed by atoms with Crippen molar-refractivity contribution in [2.75, 3.05) is 0 Å². The maximum Gasteiger partial charge on any atom is 0.195 e. The Morgan fingerprint density at radius 1 is 0.474 bits per heavy atom. The number of hydrogen-bond acceptors (Lipinski definition) is 5. The summed E-state index contributed by atoms with van der Waals surface area (Å²) in [5.74, 6) is -0.256. The summed E-state index contributed by atoms with van der Waals surface area (Å²) >= 11 is 3.13. The molecule has 0 radical (unpaired) electrons. The van der Waals surface area contributed by atoms with Gasteiger partial charge in [0.2, 0.25) is 0 Å². The van der Waals surface area contributed by atoms with E-state index in [0.717, 1.165) is 43.1 Å². The average Bonchev–Trinajstić information content (AvgIpc) is 3.71. The normalized spacial score (nSPS) is 12.3. The van der Waals surface area contributed by atoms with Gasteiger partial charge >= 0.3 is 0 Å². The van der Waals surface area contributed by atoms with Crippen LogP contribution in [0.5, 0.6) is 0 Å². The zero-order valence-electron chi connectivity index (χ0n) is 20.0. The quantitative estimate of drug-likeness (QED) is 0.231. The third-order valence-corrected chi connectivity index (χ3v) is 8.76. The van der Waals surface area contributed by atoms with Crippen LogP contribution in [-0.4, -0.2) is 16.6 Å². The highest BCUT2D eigenvalue weighted by atomic mass is 32.1. The van der Waals surface area contributed by atoms with E-state index in [-0.39, 0.29) is 11.6 Å². The molecule has 0 amide bonds. The first-order valence-corrected chi connectivity index (χ1v) is 14.0. The Kier molecular flexibility index (Phi) is 5.46. The fraction of sp³-hybridized carbons (Fsp3) is 0. The van der Waals surface area contributed by atoms with E-state index in [9.17, 15) is 9.59 Å². The molecule has 38 heavy (non-hydrogen) atoms. The Bertz CT molecular complexity index is 1680. The molecule has 0 saturated carbocycles. The Morgan fingerprint density at radius 3 is 1.47 bits per heavy atom. The molecule has 3 aromatic carbocycles. The van der Waals surface area contributed by atoms with Crippen molar-refractivity contribution in [1.82, 2.24) is 4.98 Å². The molecule has 1 aliphatic rings. The molecule has 0 fully saturated rings. The van der Waals surface area contributed by atoms with E-state index < -0.39 is 0 Å². The van der Waals surface area contributed by atoms with Gasteiger partial charge < -0.3 is 0 Å². The predicted octanol–water partition coefficient (Wildman–Crippen LogP) is 8.65. The van der Waals surface area contributed by atoms with Gasteiger partial charge in [-0.2, -0.15) is 0 Å². The van der Waals surface area contributed by atoms with Crippen molar-refractivity contribution in [3.05, 3.63) is 136 Å². The molecule has 3 heterocycles. The summed E-state index contributed by atoms with van der Waals surface area (Å²) in [5, 5.41) is 3.98. The van der Waals surface area contributed by atoms with Crippen LogP contribution in [-0.2, 0) is 0 Å². The van der Waals surface area contributed by atoms with Gasteiger partial charge in [-0.15, -0.1) is 22.7 Å². The van der Waals surface area contributed by atoms with Gasteiger partial charge in [-0.05, 0) is 45.6 Å². The standard InChI is InChI=1S/C33H19NO2S2/c35-32-28-22(20-7-2-1-3-8-20)12-14-24(26-10-5-17-37-26)30(28)33(36)29-23(21-9-4-16-34-19-21)13-15-25(31(29)32)27-11-6-18-38-27/h1-19H. The van der Waals surface area contributed by atoms with Crippen LogP contribution in [0.1, 0.15) is 31.8 Å². The monoisotopic (exact) mass is 525 g/mol. The van der Waals surface area contributed by atoms with Gasteiger partial charge in [0, 0.05) is 61.1 Å². The number of carbonyl (C=O) groups is 2. The zero-order chi connectivity index (χ0) is 25.6. The highest BCUT2D eigenvalue weighted by molar-refractivity contribution is 7.13. The Hall–Kier alpha value is -4.45. The maximum atomic E-state index is 14.7. The second-order valence-corrected chi connectivity index (χ2v) is 10.9. The number of hydrogen-bond donors (Lipinski definition) is 0. The molecule has 0 atom stereocenters. The SMILES string of the molecule is O=C1c2c(-c3cccnc3)ccc(-c3cccs3)c2C(=O)c2c(-c3ccccc3)ccc(-c3cccs3)c21. The van der Waals surface area contributed by atoms with Gasteiger partial charge in [0.15, 0.2) is 11.6 Å². The molecule has 5 heteroatoms. The topological polar surface area (TPSA) is 47.0 Å². The third kappa shape index (κ3) is 3.51. The number of pyridine rings is 1. The molecule has 0 N–H and O–H groups in total. The molecule has 0 bridgehead atoms. The van der Waals surface area contributed by atoms with Crippen molar-refractivity contribution >= 4 is 34.2 Å². The number of fused-ring (bicyclic) bond motifs is 2. The summed E-state index contributed by atoms with van der Waals surface area (Å²) in [7, 11) is 0. The molecule has 1 aliphatic carbocycles. The highest BCUT2D eigenvalue weighted by Gasteiger charge is 2.38. The molecular formula is C33H19NO2S2. The fourth-order valence-corrected chi connectivity index (χ4v) is 6.81. The second kappa shape index (κ2) is 9.14. The first kappa shape index (κ1) is 22.7. The summed E-state index contributed by atoms with van der Waals surface area (Å²) in [5.41, 5.74) is 6.64. The minimum Gasteiger partial charge on any atom is -0.289 e. The third-order valence-electron chi connectivity index (χ3n) is 6.95. The summed E-state index contributed by atoms with van der Waals surface area (Å²) in [6.07, 6.45) is 3.45. The van der Waals surface area contributed by atoms with Crippen molar-refractivity contribution < 1.29 is 9.59 Å². The van der Waals surface area contributed by atoms with E-state index in [1.54, 1.807) is 35.1 Å². The Balaban J connectivity index is 1.59. The number of aromatic nitrogens is 1. The second-order valence-electron chi connectivity index (χ2n) is 9.04. The lowest BCUT2D eigenvalue weighted by Crippen LogP contribution is -2.24. The fourth-order valence-electron chi connectivity index (χ4n) is 5.29. The van der Waals surface area contributed by atoms with Crippen molar-refractivity contribution in [3.8, 4) is 43.1 Å². The van der Waals surface area contributed by atoms with Crippen LogP contribution in [0.25, 0.3) is 43.1 Å². The van der Waals surface area contributed by atoms with Crippen molar-refractivity contribution in [2.24, 2.45) is 0 Å². The van der Waals surface area contributed by atoms with Crippen molar-refractivity contribution in [3.63, 3.8) is 0 Å². The van der Waals surface area contributed by atoms with Crippen molar-refractivity contribution in [2.45, 2.75) is 0 Å². The number of rotatable bonds is 4. The largest absolute Gasteiger partial charge is 0.289 e. The number of carbonyl (C=O) groups excluding carboxylic acids is 2. The molecule has 0 aliphatic heterocycles. The van der Waals surface area contributed by atoms with Crippen molar-refractivity contribution in [1.29, 1.82) is 0 Å². The van der Waals surface area contributed by atoms with Gasteiger partial charge in [-0.25, -0.2) is 0 Å². The number of benzene rings is 3. The zero-order valence-corrected chi connectivity index (χ0v) is 21.7. The van der Waals surface area contributed by atoms with E-state index in [4.69, 9.17) is 0 Å². The lowest BCUT2D eigenvalue weighted by molar-refractivity contribution is 0.0981. The predicted molar refractivity (Wildman–Crippen MR) is 155 cm³/mol. The molecule has 0 spiro atoms. The minimum atomic E-state index is -0.131. The summed E-state index contributed by atoms with van der Waals surface area (Å²) in [4.78, 5) is 35.6. The van der Waals surface area contributed by atoms with Crippen LogP contribution in [0.2, 0.25) is 0 Å². The molecule has 3 aromatic heterocycles. The molecule has 7 rings (SSSR count). The molecule has 180 valence electrons. The minimum absolute atomic E-state index is 0.124. The van der Waals surface area contributed by atoms with Gasteiger partial charge in [-0.1, -0.05) is 72.8 Å². The van der Waals surface area contributed by atoms with Gasteiger partial charge in [-0.3, -0.25) is 14.6 Å². The Labute approximate surface area is 227 Å². The molecule has 0 saturated heterocycles. The maximum absolute atomic E-state index is 14.7. The van der Waals surface area contributed by atoms with Gasteiger partial charge in [0.1, 0.15) is 0 Å². The number of thiophene rings is 2. The molecular weight excluding hydrogens is 507 g/mol. The van der Waals surface area contributed by atoms with Crippen LogP contribution in [0.15, 0.2) is 114 Å². The first-order chi connectivity index (χ1) is 18.7. The van der Waals surface area contributed by atoms with E-state index in [0.29, 0.717) is 22.3 Å². The highest BCUT2D eigenvalue weighted by Crippen LogP contribution is 2.46. The summed E-state index contributed by atoms with van der Waals surface area (Å²) < 4.78 is 0. The van der Waals surface area contributed by atoms with Gasteiger partial charge in [0.05, 0.1) is 0 Å². The lowest BCUT2D eigenvalue weighted by atomic mass is 9.74. The van der Waals surface area contributed by atoms with Gasteiger partial charge in [0.25, 0.3) is 0 Å². The summed E-state index contributed by atoms with van der Waals surface area (Å²) in [6, 6.07) is 29.4. The number of nitrogens with zero attached hydrogens (tertiary/aromatic N) is 1.